The highest BCUT2D eigenvalue weighted by Crippen LogP contribution is 2.35. The van der Waals surface area contributed by atoms with Gasteiger partial charge in [0.05, 0.1) is 15.8 Å². The molecule has 8 heteroatoms. The highest BCUT2D eigenvalue weighted by atomic mass is 35.5. The minimum atomic E-state index is -4.33. The highest BCUT2D eigenvalue weighted by Gasteiger charge is 2.31. The van der Waals surface area contributed by atoms with Crippen molar-refractivity contribution in [1.29, 1.82) is 0 Å². The lowest BCUT2D eigenvalue weighted by Gasteiger charge is -2.34. The zero-order valence-corrected chi connectivity index (χ0v) is 16.6. The lowest BCUT2D eigenvalue weighted by atomic mass is 10.1. The first-order chi connectivity index (χ1) is 13.4. The summed E-state index contributed by atoms with van der Waals surface area (Å²) >= 11 is 7.23. The van der Waals surface area contributed by atoms with Crippen molar-refractivity contribution < 1.29 is 13.2 Å². The minimum absolute atomic E-state index is 0.509. The predicted octanol–water partition coefficient (Wildman–Crippen LogP) is 5.38. The first kappa shape index (κ1) is 19.5. The maximum absolute atomic E-state index is 12.9. The third kappa shape index (κ3) is 4.26. The van der Waals surface area contributed by atoms with Gasteiger partial charge in [-0.3, -0.25) is 4.90 Å². The molecule has 148 valence electrons. The van der Waals surface area contributed by atoms with Crippen molar-refractivity contribution in [3.63, 3.8) is 0 Å². The topological polar surface area (TPSA) is 19.4 Å². The molecule has 0 saturated carbocycles. The number of thiazole rings is 1. The summed E-state index contributed by atoms with van der Waals surface area (Å²) in [7, 11) is 0. The molecule has 1 aromatic heterocycles. The fourth-order valence-corrected chi connectivity index (χ4v) is 4.61. The molecule has 1 aliphatic rings. The molecule has 3 nitrogen and oxygen atoms in total. The van der Waals surface area contributed by atoms with E-state index in [0.29, 0.717) is 16.1 Å². The third-order valence-corrected chi connectivity index (χ3v) is 6.29. The Bertz CT molecular complexity index is 965. The summed E-state index contributed by atoms with van der Waals surface area (Å²) in [5, 5.41) is 0.790. The third-order valence-electron chi connectivity index (χ3n) is 4.90. The summed E-state index contributed by atoms with van der Waals surface area (Å²) in [5.41, 5.74) is 2.35. The van der Waals surface area contributed by atoms with Crippen LogP contribution in [0.5, 0.6) is 0 Å². The first-order valence-electron chi connectivity index (χ1n) is 9.01. The minimum Gasteiger partial charge on any atom is -0.345 e. The maximum Gasteiger partial charge on any atom is 0.416 e. The molecule has 3 aromatic rings. The lowest BCUT2D eigenvalue weighted by Crippen LogP contribution is -2.45. The van der Waals surface area contributed by atoms with Crippen LogP contribution in [-0.4, -0.2) is 36.1 Å². The highest BCUT2D eigenvalue weighted by molar-refractivity contribution is 7.22. The van der Waals surface area contributed by atoms with Crippen LogP contribution in [0.15, 0.2) is 42.5 Å². The van der Waals surface area contributed by atoms with E-state index in [1.165, 1.54) is 29.0 Å². The van der Waals surface area contributed by atoms with Gasteiger partial charge in [0, 0.05) is 38.6 Å². The standard InChI is InChI=1S/C20H19ClF3N3S/c21-12-14-2-1-3-15(10-14)13-26-6-8-27(9-7-26)19-25-17-5-4-16(20(22,23)24)11-18(17)28-19/h1-5,10-11H,6-9,12-13H2. The fraction of sp³-hybridized carbons (Fsp3) is 0.350. The molecule has 4 rings (SSSR count). The van der Waals surface area contributed by atoms with Crippen molar-refractivity contribution in [1.82, 2.24) is 9.88 Å². The number of aromatic nitrogens is 1. The van der Waals surface area contributed by atoms with E-state index in [4.69, 9.17) is 11.6 Å². The first-order valence-corrected chi connectivity index (χ1v) is 10.4. The van der Waals surface area contributed by atoms with E-state index in [9.17, 15) is 13.2 Å². The molecule has 0 spiro atoms. The molecule has 0 N–H and O–H groups in total. The molecule has 2 heterocycles. The second-order valence-corrected chi connectivity index (χ2v) is 8.17. The van der Waals surface area contributed by atoms with Gasteiger partial charge in [-0.2, -0.15) is 13.2 Å². The van der Waals surface area contributed by atoms with Crippen LogP contribution in [0.4, 0.5) is 18.3 Å². The largest absolute Gasteiger partial charge is 0.416 e. The van der Waals surface area contributed by atoms with Gasteiger partial charge in [0.2, 0.25) is 0 Å². The summed E-state index contributed by atoms with van der Waals surface area (Å²) < 4.78 is 39.3. The van der Waals surface area contributed by atoms with Gasteiger partial charge in [0.1, 0.15) is 0 Å². The van der Waals surface area contributed by atoms with Gasteiger partial charge in [-0.15, -0.1) is 11.6 Å². The van der Waals surface area contributed by atoms with Crippen molar-refractivity contribution in [2.24, 2.45) is 0 Å². The van der Waals surface area contributed by atoms with Gasteiger partial charge < -0.3 is 4.90 Å². The monoisotopic (exact) mass is 425 g/mol. The molecule has 0 radical (unpaired) electrons. The molecule has 0 amide bonds. The molecule has 0 bridgehead atoms. The van der Waals surface area contributed by atoms with Crippen molar-refractivity contribution in [3.8, 4) is 0 Å². The number of benzene rings is 2. The summed E-state index contributed by atoms with van der Waals surface area (Å²) in [4.78, 5) is 9.07. The zero-order chi connectivity index (χ0) is 19.7. The average Bonchev–Trinajstić information content (AvgIpc) is 3.11. The number of nitrogens with zero attached hydrogens (tertiary/aromatic N) is 3. The lowest BCUT2D eigenvalue weighted by molar-refractivity contribution is -0.137. The van der Waals surface area contributed by atoms with Gasteiger partial charge in [0.15, 0.2) is 5.13 Å². The molecule has 0 unspecified atom stereocenters. The Morgan fingerprint density at radius 2 is 1.75 bits per heavy atom. The van der Waals surface area contributed by atoms with Crippen LogP contribution in [0.2, 0.25) is 0 Å². The van der Waals surface area contributed by atoms with E-state index in [-0.39, 0.29) is 0 Å². The molecule has 2 aromatic carbocycles. The smallest absolute Gasteiger partial charge is 0.345 e. The Morgan fingerprint density at radius 3 is 2.46 bits per heavy atom. The second kappa shape index (κ2) is 7.89. The van der Waals surface area contributed by atoms with Gasteiger partial charge in [0.25, 0.3) is 0 Å². The Balaban J connectivity index is 1.42. The van der Waals surface area contributed by atoms with Crippen molar-refractivity contribution in [2.75, 3.05) is 31.1 Å². The molecule has 0 atom stereocenters. The molecule has 1 aliphatic heterocycles. The van der Waals surface area contributed by atoms with E-state index >= 15 is 0 Å². The number of fused-ring (bicyclic) bond motifs is 1. The van der Waals surface area contributed by atoms with E-state index in [0.717, 1.165) is 49.5 Å². The predicted molar refractivity (Wildman–Crippen MR) is 108 cm³/mol. The normalized spacial score (nSPS) is 16.1. The van der Waals surface area contributed by atoms with Crippen molar-refractivity contribution in [2.45, 2.75) is 18.6 Å². The zero-order valence-electron chi connectivity index (χ0n) is 15.0. The van der Waals surface area contributed by atoms with Crippen molar-refractivity contribution in [3.05, 3.63) is 59.2 Å². The molecular weight excluding hydrogens is 407 g/mol. The van der Waals surface area contributed by atoms with E-state index in [2.05, 4.69) is 26.9 Å². The molecule has 28 heavy (non-hydrogen) atoms. The Hall–Kier alpha value is -1.83. The Labute approximate surface area is 170 Å². The SMILES string of the molecule is FC(F)(F)c1ccc2nc(N3CCN(Cc4cccc(CCl)c4)CC3)sc2c1. The number of halogens is 4. The van der Waals surface area contributed by atoms with Crippen LogP contribution in [0.3, 0.4) is 0 Å². The van der Waals surface area contributed by atoms with Gasteiger partial charge in [-0.25, -0.2) is 4.98 Å². The number of anilines is 1. The van der Waals surface area contributed by atoms with Crippen molar-refractivity contribution >= 4 is 38.3 Å². The number of piperazine rings is 1. The van der Waals surface area contributed by atoms with Crippen LogP contribution < -0.4 is 4.90 Å². The van der Waals surface area contributed by atoms with Gasteiger partial charge in [-0.1, -0.05) is 35.6 Å². The summed E-state index contributed by atoms with van der Waals surface area (Å²) in [6.07, 6.45) is -4.33. The van der Waals surface area contributed by atoms with Gasteiger partial charge in [-0.05, 0) is 29.3 Å². The summed E-state index contributed by atoms with van der Waals surface area (Å²) in [6.45, 7) is 4.25. The van der Waals surface area contributed by atoms with Crippen LogP contribution in [0.1, 0.15) is 16.7 Å². The summed E-state index contributed by atoms with van der Waals surface area (Å²) in [6, 6.07) is 12.0. The number of hydrogen-bond acceptors (Lipinski definition) is 4. The Kier molecular flexibility index (Phi) is 5.49. The Morgan fingerprint density at radius 1 is 1.00 bits per heavy atom. The van der Waals surface area contributed by atoms with Crippen LogP contribution in [-0.2, 0) is 18.6 Å². The van der Waals surface area contributed by atoms with Gasteiger partial charge >= 0.3 is 6.18 Å². The quantitative estimate of drug-likeness (QED) is 0.523. The number of hydrogen-bond donors (Lipinski definition) is 0. The molecular formula is C20H19ClF3N3S. The van der Waals surface area contributed by atoms with E-state index in [1.54, 1.807) is 0 Å². The van der Waals surface area contributed by atoms with E-state index < -0.39 is 11.7 Å². The fourth-order valence-electron chi connectivity index (χ4n) is 3.39. The van der Waals surface area contributed by atoms with Crippen LogP contribution >= 0.6 is 22.9 Å². The second-order valence-electron chi connectivity index (χ2n) is 6.89. The maximum atomic E-state index is 12.9. The number of rotatable bonds is 4. The van der Waals surface area contributed by atoms with Crippen LogP contribution in [0, 0.1) is 0 Å². The molecule has 0 aliphatic carbocycles. The van der Waals surface area contributed by atoms with Crippen LogP contribution in [0.25, 0.3) is 10.2 Å². The van der Waals surface area contributed by atoms with E-state index in [1.807, 2.05) is 12.1 Å². The number of alkyl halides is 4. The molecule has 1 saturated heterocycles. The summed E-state index contributed by atoms with van der Waals surface area (Å²) in [5.74, 6) is 0.509. The average molecular weight is 426 g/mol. The molecule has 1 fully saturated rings.